The average molecular weight is 345 g/mol. The predicted molar refractivity (Wildman–Crippen MR) is 99.4 cm³/mol. The van der Waals surface area contributed by atoms with Crippen molar-refractivity contribution in [1.82, 2.24) is 15.1 Å². The molecule has 2 fully saturated rings. The van der Waals surface area contributed by atoms with E-state index in [1.165, 1.54) is 18.4 Å². The van der Waals surface area contributed by atoms with Gasteiger partial charge in [-0.05, 0) is 50.3 Å². The lowest BCUT2D eigenvalue weighted by Crippen LogP contribution is -2.49. The van der Waals surface area contributed by atoms with Gasteiger partial charge in [-0.25, -0.2) is 4.79 Å². The zero-order chi connectivity index (χ0) is 17.6. The van der Waals surface area contributed by atoms with Crippen LogP contribution in [0, 0.1) is 5.92 Å². The molecule has 1 aromatic rings. The van der Waals surface area contributed by atoms with E-state index in [1.807, 2.05) is 6.07 Å². The van der Waals surface area contributed by atoms with Crippen LogP contribution < -0.4 is 5.32 Å². The zero-order valence-corrected chi connectivity index (χ0v) is 15.2. The number of benzene rings is 1. The summed E-state index contributed by atoms with van der Waals surface area (Å²) in [5.41, 5.74) is 1.26. The van der Waals surface area contributed by atoms with Crippen LogP contribution in [0.3, 0.4) is 0 Å². The van der Waals surface area contributed by atoms with Crippen molar-refractivity contribution < 1.29 is 9.90 Å². The summed E-state index contributed by atoms with van der Waals surface area (Å²) in [5, 5.41) is 12.9. The molecule has 0 saturated carbocycles. The number of nitrogens with one attached hydrogen (secondary N) is 1. The van der Waals surface area contributed by atoms with Gasteiger partial charge >= 0.3 is 6.03 Å². The number of β-amino-alcohol motifs (C(OH)–C–C–N with tert-alkyl or cyclic N) is 1. The normalized spacial score (nSPS) is 24.1. The fourth-order valence-corrected chi connectivity index (χ4v) is 3.91. The molecule has 5 heteroatoms. The van der Waals surface area contributed by atoms with Gasteiger partial charge in [0.25, 0.3) is 0 Å². The Balaban J connectivity index is 1.62. The minimum Gasteiger partial charge on any atom is -0.391 e. The number of likely N-dealkylation sites (tertiary alicyclic amines) is 2. The molecule has 0 radical (unpaired) electrons. The van der Waals surface area contributed by atoms with Crippen LogP contribution >= 0.6 is 0 Å². The van der Waals surface area contributed by atoms with Crippen molar-refractivity contribution in [2.75, 3.05) is 32.7 Å². The molecule has 2 saturated heterocycles. The van der Waals surface area contributed by atoms with Gasteiger partial charge in [-0.3, -0.25) is 4.90 Å². The Morgan fingerprint density at radius 1 is 1.20 bits per heavy atom. The second-order valence-corrected chi connectivity index (χ2v) is 7.57. The number of carbonyl (C=O) groups excluding carboxylic acids is 1. The van der Waals surface area contributed by atoms with Crippen molar-refractivity contribution in [2.45, 2.75) is 44.8 Å². The summed E-state index contributed by atoms with van der Waals surface area (Å²) in [6.07, 6.45) is 3.72. The van der Waals surface area contributed by atoms with Crippen molar-refractivity contribution >= 4 is 6.03 Å². The Bertz CT molecular complexity index is 543. The molecular weight excluding hydrogens is 314 g/mol. The molecule has 2 aliphatic rings. The smallest absolute Gasteiger partial charge is 0.317 e. The van der Waals surface area contributed by atoms with Crippen LogP contribution in [0.5, 0.6) is 0 Å². The molecule has 25 heavy (non-hydrogen) atoms. The van der Waals surface area contributed by atoms with Crippen LogP contribution in [0.4, 0.5) is 4.79 Å². The van der Waals surface area contributed by atoms with Crippen molar-refractivity contribution in [2.24, 2.45) is 5.92 Å². The molecular formula is C20H31N3O2. The summed E-state index contributed by atoms with van der Waals surface area (Å²) in [6.45, 7) is 6.28. The molecule has 3 rings (SSSR count). The van der Waals surface area contributed by atoms with E-state index < -0.39 is 0 Å². The maximum atomic E-state index is 12.5. The highest BCUT2D eigenvalue weighted by atomic mass is 16.3. The van der Waals surface area contributed by atoms with Crippen LogP contribution in [0.1, 0.15) is 44.2 Å². The first-order valence-electron chi connectivity index (χ1n) is 9.63. The highest BCUT2D eigenvalue weighted by Crippen LogP contribution is 2.26. The van der Waals surface area contributed by atoms with Gasteiger partial charge in [-0.2, -0.15) is 0 Å². The van der Waals surface area contributed by atoms with E-state index in [2.05, 4.69) is 41.4 Å². The molecule has 2 aliphatic heterocycles. The van der Waals surface area contributed by atoms with Crippen molar-refractivity contribution in [3.05, 3.63) is 35.9 Å². The lowest BCUT2D eigenvalue weighted by molar-refractivity contribution is 0.0823. The number of hydrogen-bond donors (Lipinski definition) is 2. The Morgan fingerprint density at radius 3 is 2.60 bits per heavy atom. The minimum absolute atomic E-state index is 0.0509. The summed E-state index contributed by atoms with van der Waals surface area (Å²) in [6, 6.07) is 10.6. The lowest BCUT2D eigenvalue weighted by Gasteiger charge is -2.38. The van der Waals surface area contributed by atoms with Crippen LogP contribution in [0.15, 0.2) is 30.3 Å². The molecule has 1 aromatic carbocycles. The average Bonchev–Trinajstić information content (AvgIpc) is 2.64. The SMILES string of the molecule is CC1CCN([C@H](CNC(=O)N2CCC[C@@H](O)C2)c2ccccc2)CC1. The fourth-order valence-electron chi connectivity index (χ4n) is 3.91. The van der Waals surface area contributed by atoms with E-state index in [-0.39, 0.29) is 18.2 Å². The number of rotatable bonds is 4. The van der Waals surface area contributed by atoms with Gasteiger partial charge < -0.3 is 15.3 Å². The number of nitrogens with zero attached hydrogens (tertiary/aromatic N) is 2. The number of carbonyl (C=O) groups is 1. The van der Waals surface area contributed by atoms with Crippen molar-refractivity contribution in [3.8, 4) is 0 Å². The lowest BCUT2D eigenvalue weighted by atomic mass is 9.95. The number of amides is 2. The van der Waals surface area contributed by atoms with Crippen molar-refractivity contribution in [1.29, 1.82) is 0 Å². The topological polar surface area (TPSA) is 55.8 Å². The molecule has 0 aromatic heterocycles. The summed E-state index contributed by atoms with van der Waals surface area (Å²) in [4.78, 5) is 16.7. The summed E-state index contributed by atoms with van der Waals surface area (Å²) < 4.78 is 0. The molecule has 2 atom stereocenters. The van der Waals surface area contributed by atoms with Crippen LogP contribution in [-0.4, -0.2) is 59.8 Å². The maximum Gasteiger partial charge on any atom is 0.317 e. The molecule has 5 nitrogen and oxygen atoms in total. The summed E-state index contributed by atoms with van der Waals surface area (Å²) in [5.74, 6) is 0.789. The van der Waals surface area contributed by atoms with Gasteiger partial charge in [0, 0.05) is 19.6 Å². The second kappa shape index (κ2) is 8.68. The molecule has 2 amide bonds. The first-order valence-corrected chi connectivity index (χ1v) is 9.63. The first kappa shape index (κ1) is 18.2. The molecule has 0 unspecified atom stereocenters. The Kier molecular flexibility index (Phi) is 6.32. The second-order valence-electron chi connectivity index (χ2n) is 7.57. The molecule has 138 valence electrons. The van der Waals surface area contributed by atoms with Gasteiger partial charge in [-0.1, -0.05) is 37.3 Å². The number of urea groups is 1. The highest BCUT2D eigenvalue weighted by Gasteiger charge is 2.27. The Hall–Kier alpha value is -1.59. The monoisotopic (exact) mass is 345 g/mol. The van der Waals surface area contributed by atoms with E-state index >= 15 is 0 Å². The van der Waals surface area contributed by atoms with E-state index in [4.69, 9.17) is 0 Å². The highest BCUT2D eigenvalue weighted by molar-refractivity contribution is 5.74. The number of piperidine rings is 2. The van der Waals surface area contributed by atoms with Gasteiger partial charge in [0.2, 0.25) is 0 Å². The van der Waals surface area contributed by atoms with Gasteiger partial charge in [0.15, 0.2) is 0 Å². The van der Waals surface area contributed by atoms with Gasteiger partial charge in [0.05, 0.1) is 12.1 Å². The molecule has 2 N–H and O–H groups in total. The summed E-state index contributed by atoms with van der Waals surface area (Å²) >= 11 is 0. The van der Waals surface area contributed by atoms with E-state index in [0.717, 1.165) is 38.4 Å². The third-order valence-corrected chi connectivity index (χ3v) is 5.57. The molecule has 0 bridgehead atoms. The summed E-state index contributed by atoms with van der Waals surface area (Å²) in [7, 11) is 0. The largest absolute Gasteiger partial charge is 0.391 e. The number of aliphatic hydroxyl groups excluding tert-OH is 1. The molecule has 0 aliphatic carbocycles. The minimum atomic E-state index is -0.381. The Labute approximate surface area is 151 Å². The third kappa shape index (κ3) is 4.95. The van der Waals surface area contributed by atoms with Crippen molar-refractivity contribution in [3.63, 3.8) is 0 Å². The van der Waals surface area contributed by atoms with E-state index in [1.54, 1.807) is 4.90 Å². The predicted octanol–water partition coefficient (Wildman–Crippen LogP) is 2.63. The van der Waals surface area contributed by atoms with Gasteiger partial charge in [0.1, 0.15) is 0 Å². The van der Waals surface area contributed by atoms with E-state index in [9.17, 15) is 9.90 Å². The van der Waals surface area contributed by atoms with Crippen LogP contribution in [0.25, 0.3) is 0 Å². The number of hydrogen-bond acceptors (Lipinski definition) is 3. The van der Waals surface area contributed by atoms with Gasteiger partial charge in [-0.15, -0.1) is 0 Å². The van der Waals surface area contributed by atoms with Crippen LogP contribution in [0.2, 0.25) is 0 Å². The molecule has 2 heterocycles. The fraction of sp³-hybridized carbons (Fsp3) is 0.650. The zero-order valence-electron chi connectivity index (χ0n) is 15.2. The maximum absolute atomic E-state index is 12.5. The first-order chi connectivity index (χ1) is 12.1. The van der Waals surface area contributed by atoms with E-state index in [0.29, 0.717) is 13.1 Å². The number of aliphatic hydroxyl groups is 1. The third-order valence-electron chi connectivity index (χ3n) is 5.57. The Morgan fingerprint density at radius 2 is 1.92 bits per heavy atom. The quantitative estimate of drug-likeness (QED) is 0.882. The molecule has 0 spiro atoms. The standard InChI is InChI=1S/C20H31N3O2/c1-16-9-12-22(13-10-16)19(17-6-3-2-4-7-17)14-21-20(25)23-11-5-8-18(24)15-23/h2-4,6-7,16,18-19,24H,5,8-15H2,1H3,(H,21,25)/t18-,19-/m1/s1. The van der Waals surface area contributed by atoms with Crippen LogP contribution in [-0.2, 0) is 0 Å².